The number of hydrogen-bond donors (Lipinski definition) is 4. The molecule has 3 rings (SSSR count). The number of amides is 3. The summed E-state index contributed by atoms with van der Waals surface area (Å²) in [6.45, 7) is 4.48. The summed E-state index contributed by atoms with van der Waals surface area (Å²) in [5.41, 5.74) is 7.72. The first kappa shape index (κ1) is 26.4. The largest absolute Gasteiger partial charge is 0.493 e. The highest BCUT2D eigenvalue weighted by Gasteiger charge is 2.14. The molecule has 0 aliphatic heterocycles. The lowest BCUT2D eigenvalue weighted by Crippen LogP contribution is -2.48. The van der Waals surface area contributed by atoms with Gasteiger partial charge < -0.3 is 10.1 Å². The number of thiocarbonyl (C=S) groups is 1. The SMILES string of the molecule is CCCCOc1ccccc1C(=O)NC(=S)NNC(=O)c1ccc(NC(=O)c2cccc(C)c2)cc1. The van der Waals surface area contributed by atoms with Crippen LogP contribution in [0.25, 0.3) is 0 Å². The molecule has 186 valence electrons. The van der Waals surface area contributed by atoms with E-state index in [1.807, 2.05) is 19.1 Å². The summed E-state index contributed by atoms with van der Waals surface area (Å²) in [6, 6.07) is 20.5. The van der Waals surface area contributed by atoms with Gasteiger partial charge in [-0.3, -0.25) is 30.6 Å². The Morgan fingerprint density at radius 1 is 0.833 bits per heavy atom. The lowest BCUT2D eigenvalue weighted by atomic mass is 10.1. The van der Waals surface area contributed by atoms with Crippen LogP contribution in [0.5, 0.6) is 5.75 Å². The normalized spacial score (nSPS) is 10.2. The second kappa shape index (κ2) is 13.0. The van der Waals surface area contributed by atoms with Crippen LogP contribution in [0.4, 0.5) is 5.69 Å². The van der Waals surface area contributed by atoms with Crippen molar-refractivity contribution in [3.05, 3.63) is 95.1 Å². The van der Waals surface area contributed by atoms with Crippen molar-refractivity contribution in [1.82, 2.24) is 16.2 Å². The molecule has 3 aromatic carbocycles. The first-order chi connectivity index (χ1) is 17.4. The third-order valence-corrected chi connectivity index (χ3v) is 5.29. The van der Waals surface area contributed by atoms with E-state index in [-0.39, 0.29) is 11.0 Å². The van der Waals surface area contributed by atoms with Crippen molar-refractivity contribution in [2.75, 3.05) is 11.9 Å². The van der Waals surface area contributed by atoms with Gasteiger partial charge in [-0.15, -0.1) is 0 Å². The van der Waals surface area contributed by atoms with Gasteiger partial charge in [0.05, 0.1) is 12.2 Å². The molecule has 0 unspecified atom stereocenters. The Balaban J connectivity index is 1.50. The van der Waals surface area contributed by atoms with Crippen LogP contribution in [0.15, 0.2) is 72.8 Å². The molecule has 0 aromatic heterocycles. The summed E-state index contributed by atoms with van der Waals surface area (Å²) in [5, 5.41) is 5.25. The molecule has 3 amide bonds. The van der Waals surface area contributed by atoms with Crippen LogP contribution in [0.1, 0.15) is 56.4 Å². The number of rotatable bonds is 8. The molecular formula is C27H28N4O4S. The van der Waals surface area contributed by atoms with Gasteiger partial charge >= 0.3 is 0 Å². The Labute approximate surface area is 215 Å². The topological polar surface area (TPSA) is 109 Å². The van der Waals surface area contributed by atoms with Crippen LogP contribution >= 0.6 is 12.2 Å². The predicted molar refractivity (Wildman–Crippen MR) is 143 cm³/mol. The quantitative estimate of drug-likeness (QED) is 0.206. The number of para-hydroxylation sites is 1. The molecule has 36 heavy (non-hydrogen) atoms. The molecule has 0 saturated heterocycles. The van der Waals surface area contributed by atoms with Crippen LogP contribution in [-0.4, -0.2) is 29.4 Å². The van der Waals surface area contributed by atoms with Crippen LogP contribution in [0.3, 0.4) is 0 Å². The number of benzene rings is 3. The highest BCUT2D eigenvalue weighted by Crippen LogP contribution is 2.18. The third-order valence-electron chi connectivity index (χ3n) is 5.09. The monoisotopic (exact) mass is 504 g/mol. The van der Waals surface area contributed by atoms with Crippen LogP contribution in [-0.2, 0) is 0 Å². The van der Waals surface area contributed by atoms with Gasteiger partial charge in [0.25, 0.3) is 17.7 Å². The van der Waals surface area contributed by atoms with Crippen molar-refractivity contribution in [2.24, 2.45) is 0 Å². The van der Waals surface area contributed by atoms with Crippen LogP contribution in [0, 0.1) is 6.92 Å². The number of ether oxygens (including phenoxy) is 1. The highest BCUT2D eigenvalue weighted by atomic mass is 32.1. The molecule has 0 bridgehead atoms. The Morgan fingerprint density at radius 3 is 2.31 bits per heavy atom. The molecule has 0 aliphatic carbocycles. The molecule has 0 heterocycles. The molecule has 0 saturated carbocycles. The van der Waals surface area contributed by atoms with E-state index in [1.165, 1.54) is 0 Å². The predicted octanol–water partition coefficient (Wildman–Crippen LogP) is 4.38. The van der Waals surface area contributed by atoms with E-state index >= 15 is 0 Å². The summed E-state index contributed by atoms with van der Waals surface area (Å²) in [7, 11) is 0. The fraction of sp³-hybridized carbons (Fsp3) is 0.185. The van der Waals surface area contributed by atoms with E-state index < -0.39 is 11.8 Å². The molecule has 4 N–H and O–H groups in total. The molecule has 9 heteroatoms. The van der Waals surface area contributed by atoms with Crippen molar-refractivity contribution < 1.29 is 19.1 Å². The minimum atomic E-state index is -0.466. The number of hydrazine groups is 1. The standard InChI is InChI=1S/C27H28N4O4S/c1-3-4-16-35-23-11-6-5-10-22(23)26(34)29-27(36)31-30-25(33)19-12-14-21(15-13-19)28-24(32)20-9-7-8-18(2)17-20/h5-15,17H,3-4,16H2,1-2H3,(H,28,32)(H,30,33)(H2,29,31,34,36). The lowest BCUT2D eigenvalue weighted by Gasteiger charge is -2.13. The zero-order valence-electron chi connectivity index (χ0n) is 20.1. The smallest absolute Gasteiger partial charge is 0.269 e. The number of aryl methyl sites for hydroxylation is 1. The molecule has 0 atom stereocenters. The Hall–Kier alpha value is -4.24. The molecule has 0 fully saturated rings. The average Bonchev–Trinajstić information content (AvgIpc) is 2.88. The number of carbonyl (C=O) groups excluding carboxylic acids is 3. The minimum absolute atomic E-state index is 0.0706. The van der Waals surface area contributed by atoms with Crippen LogP contribution in [0.2, 0.25) is 0 Å². The number of anilines is 1. The van der Waals surface area contributed by atoms with Gasteiger partial charge in [-0.25, -0.2) is 0 Å². The van der Waals surface area contributed by atoms with Gasteiger partial charge in [0.1, 0.15) is 5.75 Å². The first-order valence-electron chi connectivity index (χ1n) is 11.5. The first-order valence-corrected chi connectivity index (χ1v) is 11.9. The van der Waals surface area contributed by atoms with E-state index in [4.69, 9.17) is 17.0 Å². The second-order valence-electron chi connectivity index (χ2n) is 7.96. The summed E-state index contributed by atoms with van der Waals surface area (Å²) in [5.74, 6) is -0.699. The molecular weight excluding hydrogens is 476 g/mol. The van der Waals surface area contributed by atoms with Gasteiger partial charge in [0.2, 0.25) is 0 Å². The number of carbonyl (C=O) groups is 3. The summed E-state index contributed by atoms with van der Waals surface area (Å²) < 4.78 is 5.68. The zero-order chi connectivity index (χ0) is 25.9. The zero-order valence-corrected chi connectivity index (χ0v) is 20.9. The van der Waals surface area contributed by atoms with Gasteiger partial charge in [-0.1, -0.05) is 43.2 Å². The summed E-state index contributed by atoms with van der Waals surface area (Å²) >= 11 is 5.13. The molecule has 3 aromatic rings. The van der Waals surface area contributed by atoms with Crippen molar-refractivity contribution in [3.63, 3.8) is 0 Å². The van der Waals surface area contributed by atoms with Crippen molar-refractivity contribution >= 4 is 40.7 Å². The van der Waals surface area contributed by atoms with E-state index in [0.29, 0.717) is 34.7 Å². The number of nitrogens with one attached hydrogen (secondary N) is 4. The highest BCUT2D eigenvalue weighted by molar-refractivity contribution is 7.80. The number of unbranched alkanes of at least 4 members (excludes halogenated alkanes) is 1. The molecule has 0 spiro atoms. The summed E-state index contributed by atoms with van der Waals surface area (Å²) in [4.78, 5) is 37.4. The maximum Gasteiger partial charge on any atom is 0.269 e. The van der Waals surface area contributed by atoms with Crippen LogP contribution < -0.4 is 26.2 Å². The van der Waals surface area contributed by atoms with Gasteiger partial charge in [0, 0.05) is 16.8 Å². The van der Waals surface area contributed by atoms with E-state index in [2.05, 4.69) is 28.4 Å². The Bertz CT molecular complexity index is 1240. The second-order valence-corrected chi connectivity index (χ2v) is 8.37. The van der Waals surface area contributed by atoms with Gasteiger partial charge in [-0.2, -0.15) is 0 Å². The maximum absolute atomic E-state index is 12.6. The molecule has 0 aliphatic rings. The average molecular weight is 505 g/mol. The fourth-order valence-electron chi connectivity index (χ4n) is 3.19. The van der Waals surface area contributed by atoms with Crippen molar-refractivity contribution in [2.45, 2.75) is 26.7 Å². The lowest BCUT2D eigenvalue weighted by molar-refractivity contribution is 0.0933. The summed E-state index contributed by atoms with van der Waals surface area (Å²) in [6.07, 6.45) is 1.86. The maximum atomic E-state index is 12.6. The van der Waals surface area contributed by atoms with Gasteiger partial charge in [-0.05, 0) is 74.1 Å². The van der Waals surface area contributed by atoms with E-state index in [0.717, 1.165) is 18.4 Å². The Kier molecular flexibility index (Phi) is 9.53. The molecule has 0 radical (unpaired) electrons. The van der Waals surface area contributed by atoms with E-state index in [9.17, 15) is 14.4 Å². The Morgan fingerprint density at radius 2 is 1.58 bits per heavy atom. The third kappa shape index (κ3) is 7.64. The van der Waals surface area contributed by atoms with Gasteiger partial charge in [0.15, 0.2) is 5.11 Å². The number of hydrogen-bond acceptors (Lipinski definition) is 5. The van der Waals surface area contributed by atoms with Crippen molar-refractivity contribution in [3.8, 4) is 5.75 Å². The van der Waals surface area contributed by atoms with E-state index in [1.54, 1.807) is 60.7 Å². The van der Waals surface area contributed by atoms with Crippen molar-refractivity contribution in [1.29, 1.82) is 0 Å². The molecule has 8 nitrogen and oxygen atoms in total. The minimum Gasteiger partial charge on any atom is -0.493 e. The fourth-order valence-corrected chi connectivity index (χ4v) is 3.33.